The molecule has 0 fully saturated rings. The number of hydrogen-bond donors (Lipinski definition) is 0. The van der Waals surface area contributed by atoms with Gasteiger partial charge in [-0.3, -0.25) is 4.79 Å². The fourth-order valence-corrected chi connectivity index (χ4v) is 4.26. The Balaban J connectivity index is 2.11. The van der Waals surface area contributed by atoms with Crippen LogP contribution in [-0.2, 0) is 16.9 Å². The summed E-state index contributed by atoms with van der Waals surface area (Å²) in [5.41, 5.74) is 3.64. The van der Waals surface area contributed by atoms with E-state index in [1.165, 1.54) is 34.6 Å². The highest BCUT2D eigenvalue weighted by Gasteiger charge is 2.12. The molecule has 0 aliphatic rings. The summed E-state index contributed by atoms with van der Waals surface area (Å²) in [7, 11) is -1.50. The molecule has 7 heteroatoms. The van der Waals surface area contributed by atoms with Crippen LogP contribution >= 0.6 is 11.3 Å². The van der Waals surface area contributed by atoms with Gasteiger partial charge in [-0.15, -0.1) is 0 Å². The Kier molecular flexibility index (Phi) is 4.38. The second-order valence-electron chi connectivity index (χ2n) is 6.06. The molecule has 3 aromatic rings. The molecule has 2 aromatic carbocycles. The lowest BCUT2D eigenvalue weighted by Crippen LogP contribution is -2.13. The number of benzene rings is 2. The molecule has 0 spiro atoms. The van der Waals surface area contributed by atoms with Crippen molar-refractivity contribution >= 4 is 37.3 Å². The van der Waals surface area contributed by atoms with E-state index in [1.807, 2.05) is 25.5 Å². The van der Waals surface area contributed by atoms with Gasteiger partial charge in [-0.2, -0.15) is 4.99 Å². The van der Waals surface area contributed by atoms with E-state index in [0.29, 0.717) is 4.80 Å². The number of fused-ring (bicyclic) bond motifs is 1. The van der Waals surface area contributed by atoms with E-state index < -0.39 is 15.7 Å². The van der Waals surface area contributed by atoms with Gasteiger partial charge in [0.1, 0.15) is 0 Å². The third kappa shape index (κ3) is 3.43. The van der Waals surface area contributed by atoms with Crippen molar-refractivity contribution in [2.24, 2.45) is 12.0 Å². The molecule has 0 aliphatic heterocycles. The number of amides is 1. The Morgan fingerprint density at radius 2 is 1.80 bits per heavy atom. The van der Waals surface area contributed by atoms with Crippen LogP contribution in [0.1, 0.15) is 21.5 Å². The Morgan fingerprint density at radius 3 is 2.48 bits per heavy atom. The van der Waals surface area contributed by atoms with E-state index >= 15 is 0 Å². The van der Waals surface area contributed by atoms with Crippen molar-refractivity contribution < 1.29 is 13.2 Å². The van der Waals surface area contributed by atoms with E-state index in [9.17, 15) is 13.2 Å². The maximum Gasteiger partial charge on any atom is 0.279 e. The van der Waals surface area contributed by atoms with Crippen LogP contribution < -0.4 is 4.80 Å². The minimum Gasteiger partial charge on any atom is -0.319 e. The second-order valence-corrected chi connectivity index (χ2v) is 9.09. The van der Waals surface area contributed by atoms with Crippen molar-refractivity contribution in [1.82, 2.24) is 4.57 Å². The molecule has 25 heavy (non-hydrogen) atoms. The molecular weight excluding hydrogens is 356 g/mol. The third-order valence-electron chi connectivity index (χ3n) is 4.13. The third-order valence-corrected chi connectivity index (χ3v) is 6.34. The van der Waals surface area contributed by atoms with Gasteiger partial charge in [0.05, 0.1) is 15.1 Å². The van der Waals surface area contributed by atoms with Crippen LogP contribution in [0.5, 0.6) is 0 Å². The average Bonchev–Trinajstić information content (AvgIpc) is 2.83. The molecule has 0 bridgehead atoms. The molecule has 0 atom stereocenters. The minimum absolute atomic E-state index is 0.112. The quantitative estimate of drug-likeness (QED) is 0.692. The van der Waals surface area contributed by atoms with Gasteiger partial charge in [0, 0.05) is 18.9 Å². The molecule has 0 saturated carbocycles. The Bertz CT molecular complexity index is 1170. The molecule has 3 rings (SSSR count). The van der Waals surface area contributed by atoms with Crippen molar-refractivity contribution in [3.63, 3.8) is 0 Å². The monoisotopic (exact) mass is 374 g/mol. The zero-order valence-corrected chi connectivity index (χ0v) is 16.0. The number of carbonyl (C=O) groups excluding carboxylic acids is 1. The van der Waals surface area contributed by atoms with Gasteiger partial charge in [0.15, 0.2) is 14.6 Å². The van der Waals surface area contributed by atoms with Gasteiger partial charge in [-0.25, -0.2) is 8.42 Å². The first kappa shape index (κ1) is 17.6. The van der Waals surface area contributed by atoms with Crippen LogP contribution in [0, 0.1) is 13.8 Å². The standard InChI is InChI=1S/C18H18N2O3S2/c1-11-8-15-16(9-12(11)2)24-18(20(15)3)19-17(21)13-6-5-7-14(10-13)25(4,22)23/h5-10H,1-4H3. The molecule has 0 radical (unpaired) electrons. The molecule has 0 unspecified atom stereocenters. The first-order chi connectivity index (χ1) is 11.7. The molecule has 0 N–H and O–H groups in total. The lowest BCUT2D eigenvalue weighted by Gasteiger charge is -2.01. The van der Waals surface area contributed by atoms with Crippen molar-refractivity contribution in [2.75, 3.05) is 6.26 Å². The normalized spacial score (nSPS) is 12.7. The highest BCUT2D eigenvalue weighted by Crippen LogP contribution is 2.21. The molecule has 1 heterocycles. The van der Waals surface area contributed by atoms with E-state index in [2.05, 4.69) is 17.1 Å². The van der Waals surface area contributed by atoms with Gasteiger partial charge in [-0.05, 0) is 55.3 Å². The fraction of sp³-hybridized carbons (Fsp3) is 0.222. The van der Waals surface area contributed by atoms with Crippen LogP contribution in [0.3, 0.4) is 0 Å². The summed E-state index contributed by atoms with van der Waals surface area (Å²) in [5.74, 6) is -0.457. The summed E-state index contributed by atoms with van der Waals surface area (Å²) in [5, 5.41) is 0. The zero-order chi connectivity index (χ0) is 18.4. The highest BCUT2D eigenvalue weighted by atomic mass is 32.2. The molecule has 5 nitrogen and oxygen atoms in total. The number of thiazole rings is 1. The first-order valence-corrected chi connectivity index (χ1v) is 10.3. The van der Waals surface area contributed by atoms with Crippen LogP contribution in [0.2, 0.25) is 0 Å². The number of hydrogen-bond acceptors (Lipinski definition) is 4. The number of rotatable bonds is 2. The van der Waals surface area contributed by atoms with Crippen molar-refractivity contribution in [1.29, 1.82) is 0 Å². The topological polar surface area (TPSA) is 68.5 Å². The van der Waals surface area contributed by atoms with Crippen LogP contribution in [0.25, 0.3) is 10.2 Å². The van der Waals surface area contributed by atoms with Crippen LogP contribution in [0.15, 0.2) is 46.3 Å². The summed E-state index contributed by atoms with van der Waals surface area (Å²) in [6.07, 6.45) is 1.12. The van der Waals surface area contributed by atoms with Crippen molar-refractivity contribution in [3.05, 3.63) is 57.9 Å². The van der Waals surface area contributed by atoms with Gasteiger partial charge in [-0.1, -0.05) is 17.4 Å². The van der Waals surface area contributed by atoms with E-state index in [-0.39, 0.29) is 10.5 Å². The zero-order valence-electron chi connectivity index (χ0n) is 14.4. The predicted octanol–water partition coefficient (Wildman–Crippen LogP) is 3.00. The van der Waals surface area contributed by atoms with E-state index in [0.717, 1.165) is 16.5 Å². The fourth-order valence-electron chi connectivity index (χ4n) is 2.50. The summed E-state index contributed by atoms with van der Waals surface area (Å²) >= 11 is 1.44. The SMILES string of the molecule is Cc1cc2sc(=NC(=O)c3cccc(S(C)(=O)=O)c3)n(C)c2cc1C. The molecular formula is C18H18N2O3S2. The summed E-state index contributed by atoms with van der Waals surface area (Å²) in [4.78, 5) is 17.4. The Hall–Kier alpha value is -2.25. The Morgan fingerprint density at radius 1 is 1.12 bits per heavy atom. The predicted molar refractivity (Wildman–Crippen MR) is 99.7 cm³/mol. The Labute approximate surface area is 150 Å². The van der Waals surface area contributed by atoms with Crippen molar-refractivity contribution in [2.45, 2.75) is 18.7 Å². The molecule has 130 valence electrons. The number of aromatic nitrogens is 1. The van der Waals surface area contributed by atoms with Crippen molar-refractivity contribution in [3.8, 4) is 0 Å². The summed E-state index contributed by atoms with van der Waals surface area (Å²) < 4.78 is 26.3. The molecule has 1 aromatic heterocycles. The number of carbonyl (C=O) groups is 1. The number of aryl methyl sites for hydroxylation is 3. The molecule has 0 saturated heterocycles. The summed E-state index contributed by atoms with van der Waals surface area (Å²) in [6, 6.07) is 10.1. The molecule has 0 aliphatic carbocycles. The number of nitrogens with zero attached hydrogens (tertiary/aromatic N) is 2. The van der Waals surface area contributed by atoms with Crippen LogP contribution in [-0.4, -0.2) is 25.1 Å². The lowest BCUT2D eigenvalue weighted by atomic mass is 10.1. The van der Waals surface area contributed by atoms with Crippen LogP contribution in [0.4, 0.5) is 0 Å². The highest BCUT2D eigenvalue weighted by molar-refractivity contribution is 7.90. The maximum atomic E-state index is 12.5. The van der Waals surface area contributed by atoms with E-state index in [1.54, 1.807) is 12.1 Å². The maximum absolute atomic E-state index is 12.5. The van der Waals surface area contributed by atoms with Gasteiger partial charge in [0.25, 0.3) is 5.91 Å². The lowest BCUT2D eigenvalue weighted by molar-refractivity contribution is 0.0997. The molecule has 1 amide bonds. The average molecular weight is 374 g/mol. The van der Waals surface area contributed by atoms with E-state index in [4.69, 9.17) is 0 Å². The number of sulfone groups is 1. The minimum atomic E-state index is -3.37. The summed E-state index contributed by atoms with van der Waals surface area (Å²) in [6.45, 7) is 4.10. The first-order valence-electron chi connectivity index (χ1n) is 7.63. The largest absolute Gasteiger partial charge is 0.319 e. The van der Waals surface area contributed by atoms with Gasteiger partial charge >= 0.3 is 0 Å². The van der Waals surface area contributed by atoms with Gasteiger partial charge in [0.2, 0.25) is 0 Å². The van der Waals surface area contributed by atoms with Gasteiger partial charge < -0.3 is 4.57 Å². The smallest absolute Gasteiger partial charge is 0.279 e. The second kappa shape index (κ2) is 6.24.